The third-order valence-electron chi connectivity index (χ3n) is 3.02. The van der Waals surface area contributed by atoms with E-state index in [9.17, 15) is 5.11 Å². The molecule has 1 aromatic heterocycles. The van der Waals surface area contributed by atoms with E-state index in [1.54, 1.807) is 11.3 Å². The Labute approximate surface area is 115 Å². The van der Waals surface area contributed by atoms with E-state index < -0.39 is 6.10 Å². The maximum atomic E-state index is 10.3. The number of hydrogen-bond donors (Lipinski definition) is 1. The standard InChI is InChI=1S/C16H14O2S/c17-15(11-18-13-6-2-1-3-7-13)14-8-4-5-12-9-10-19-16(12)14/h1-10,15,17H,11H2. The van der Waals surface area contributed by atoms with Crippen molar-refractivity contribution in [1.82, 2.24) is 0 Å². The molecule has 0 fully saturated rings. The summed E-state index contributed by atoms with van der Waals surface area (Å²) in [7, 11) is 0. The lowest BCUT2D eigenvalue weighted by Gasteiger charge is -2.13. The van der Waals surface area contributed by atoms with Gasteiger partial charge in [0.2, 0.25) is 0 Å². The summed E-state index contributed by atoms with van der Waals surface area (Å²) < 4.78 is 6.73. The summed E-state index contributed by atoms with van der Waals surface area (Å²) in [6.45, 7) is 0.265. The number of para-hydroxylation sites is 1. The third-order valence-corrected chi connectivity index (χ3v) is 4.00. The SMILES string of the molecule is OC(COc1ccccc1)c1cccc2ccsc12. The number of fused-ring (bicyclic) bond motifs is 1. The van der Waals surface area contributed by atoms with E-state index in [2.05, 4.69) is 12.1 Å². The number of aliphatic hydroxyl groups is 1. The first-order valence-electron chi connectivity index (χ1n) is 6.16. The molecule has 0 radical (unpaired) electrons. The molecule has 3 aromatic rings. The van der Waals surface area contributed by atoms with Crippen molar-refractivity contribution in [3.8, 4) is 5.75 Å². The number of benzene rings is 2. The molecule has 0 aliphatic heterocycles. The Morgan fingerprint density at radius 2 is 1.84 bits per heavy atom. The summed E-state index contributed by atoms with van der Waals surface area (Å²) in [5.41, 5.74) is 0.934. The molecule has 1 N–H and O–H groups in total. The molecular weight excluding hydrogens is 256 g/mol. The minimum absolute atomic E-state index is 0.265. The Balaban J connectivity index is 1.77. The monoisotopic (exact) mass is 270 g/mol. The lowest BCUT2D eigenvalue weighted by molar-refractivity contribution is 0.109. The Morgan fingerprint density at radius 3 is 2.68 bits per heavy atom. The Hall–Kier alpha value is -1.84. The van der Waals surface area contributed by atoms with Crippen LogP contribution in [-0.2, 0) is 0 Å². The molecule has 1 atom stereocenters. The van der Waals surface area contributed by atoms with Gasteiger partial charge in [0.1, 0.15) is 18.5 Å². The molecule has 96 valence electrons. The Morgan fingerprint density at radius 1 is 1.00 bits per heavy atom. The van der Waals surface area contributed by atoms with Gasteiger partial charge < -0.3 is 9.84 Å². The molecule has 3 rings (SSSR count). The van der Waals surface area contributed by atoms with Gasteiger partial charge in [-0.2, -0.15) is 0 Å². The summed E-state index contributed by atoms with van der Waals surface area (Å²) in [5, 5.41) is 13.5. The van der Waals surface area contributed by atoms with Crippen molar-refractivity contribution in [1.29, 1.82) is 0 Å². The molecule has 0 amide bonds. The van der Waals surface area contributed by atoms with Crippen LogP contribution in [0.15, 0.2) is 60.0 Å². The van der Waals surface area contributed by atoms with Crippen molar-refractivity contribution in [2.75, 3.05) is 6.61 Å². The maximum Gasteiger partial charge on any atom is 0.119 e. The zero-order valence-corrected chi connectivity index (χ0v) is 11.1. The largest absolute Gasteiger partial charge is 0.491 e. The van der Waals surface area contributed by atoms with Crippen molar-refractivity contribution in [2.45, 2.75) is 6.10 Å². The Kier molecular flexibility index (Phi) is 3.49. The topological polar surface area (TPSA) is 29.5 Å². The zero-order valence-electron chi connectivity index (χ0n) is 10.3. The van der Waals surface area contributed by atoms with Gasteiger partial charge in [-0.05, 0) is 29.0 Å². The molecule has 2 aromatic carbocycles. The molecule has 2 nitrogen and oxygen atoms in total. The van der Waals surface area contributed by atoms with Crippen LogP contribution in [0.1, 0.15) is 11.7 Å². The van der Waals surface area contributed by atoms with Crippen LogP contribution in [0.5, 0.6) is 5.75 Å². The van der Waals surface area contributed by atoms with Crippen molar-refractivity contribution in [3.05, 3.63) is 65.5 Å². The van der Waals surface area contributed by atoms with Gasteiger partial charge in [-0.25, -0.2) is 0 Å². The van der Waals surface area contributed by atoms with Crippen LogP contribution < -0.4 is 4.74 Å². The van der Waals surface area contributed by atoms with Gasteiger partial charge in [0, 0.05) is 10.3 Å². The molecular formula is C16H14O2S. The average molecular weight is 270 g/mol. The lowest BCUT2D eigenvalue weighted by atomic mass is 10.1. The molecule has 0 bridgehead atoms. The van der Waals surface area contributed by atoms with Crippen molar-refractivity contribution < 1.29 is 9.84 Å². The number of ether oxygens (including phenoxy) is 1. The molecule has 19 heavy (non-hydrogen) atoms. The van der Waals surface area contributed by atoms with Gasteiger partial charge in [-0.15, -0.1) is 11.3 Å². The number of rotatable bonds is 4. The van der Waals surface area contributed by atoms with Gasteiger partial charge in [-0.1, -0.05) is 36.4 Å². The third kappa shape index (κ3) is 2.62. The van der Waals surface area contributed by atoms with Gasteiger partial charge in [-0.3, -0.25) is 0 Å². The van der Waals surface area contributed by atoms with E-state index in [0.29, 0.717) is 0 Å². The minimum Gasteiger partial charge on any atom is -0.491 e. The van der Waals surface area contributed by atoms with E-state index >= 15 is 0 Å². The summed E-state index contributed by atoms with van der Waals surface area (Å²) in [6, 6.07) is 17.6. The first kappa shape index (κ1) is 12.2. The molecule has 0 spiro atoms. The van der Waals surface area contributed by atoms with E-state index in [-0.39, 0.29) is 6.61 Å². The smallest absolute Gasteiger partial charge is 0.119 e. The minimum atomic E-state index is -0.609. The van der Waals surface area contributed by atoms with Gasteiger partial charge in [0.15, 0.2) is 0 Å². The van der Waals surface area contributed by atoms with Crippen LogP contribution in [0.25, 0.3) is 10.1 Å². The van der Waals surface area contributed by atoms with Crippen LogP contribution in [0.2, 0.25) is 0 Å². The molecule has 0 saturated carbocycles. The highest BCUT2D eigenvalue weighted by atomic mass is 32.1. The normalized spacial score (nSPS) is 12.5. The summed E-state index contributed by atoms with van der Waals surface area (Å²) in [5.74, 6) is 0.778. The van der Waals surface area contributed by atoms with E-state index in [0.717, 1.165) is 16.0 Å². The molecule has 0 aliphatic rings. The van der Waals surface area contributed by atoms with Crippen LogP contribution in [-0.4, -0.2) is 11.7 Å². The van der Waals surface area contributed by atoms with E-state index in [4.69, 9.17) is 4.74 Å². The molecule has 1 heterocycles. The number of thiophene rings is 1. The van der Waals surface area contributed by atoms with E-state index in [1.807, 2.05) is 47.8 Å². The molecule has 0 aliphatic carbocycles. The molecule has 3 heteroatoms. The van der Waals surface area contributed by atoms with Crippen molar-refractivity contribution in [2.24, 2.45) is 0 Å². The summed E-state index contributed by atoms with van der Waals surface area (Å²) >= 11 is 1.65. The Bertz CT molecular complexity index is 661. The second-order valence-corrected chi connectivity index (χ2v) is 5.24. The maximum absolute atomic E-state index is 10.3. The molecule has 0 saturated heterocycles. The molecule has 1 unspecified atom stereocenters. The highest BCUT2D eigenvalue weighted by molar-refractivity contribution is 7.17. The summed E-state index contributed by atoms with van der Waals surface area (Å²) in [4.78, 5) is 0. The fraction of sp³-hybridized carbons (Fsp3) is 0.125. The van der Waals surface area contributed by atoms with Crippen LogP contribution >= 0.6 is 11.3 Å². The average Bonchev–Trinajstić information content (AvgIpc) is 2.94. The highest BCUT2D eigenvalue weighted by Gasteiger charge is 2.12. The van der Waals surface area contributed by atoms with Crippen LogP contribution in [0.4, 0.5) is 0 Å². The lowest BCUT2D eigenvalue weighted by Crippen LogP contribution is -2.09. The number of aliphatic hydroxyl groups excluding tert-OH is 1. The first-order chi connectivity index (χ1) is 9.34. The predicted molar refractivity (Wildman–Crippen MR) is 78.7 cm³/mol. The van der Waals surface area contributed by atoms with Crippen LogP contribution in [0, 0.1) is 0 Å². The quantitative estimate of drug-likeness (QED) is 0.776. The van der Waals surface area contributed by atoms with Gasteiger partial charge in [0.25, 0.3) is 0 Å². The second-order valence-electron chi connectivity index (χ2n) is 4.33. The van der Waals surface area contributed by atoms with Crippen LogP contribution in [0.3, 0.4) is 0 Å². The predicted octanol–water partition coefficient (Wildman–Crippen LogP) is 4.01. The van der Waals surface area contributed by atoms with E-state index in [1.165, 1.54) is 5.39 Å². The first-order valence-corrected chi connectivity index (χ1v) is 7.04. The van der Waals surface area contributed by atoms with Gasteiger partial charge in [0.05, 0.1) is 0 Å². The zero-order chi connectivity index (χ0) is 13.1. The van der Waals surface area contributed by atoms with Crippen molar-refractivity contribution >= 4 is 21.4 Å². The number of hydrogen-bond acceptors (Lipinski definition) is 3. The van der Waals surface area contributed by atoms with Crippen molar-refractivity contribution in [3.63, 3.8) is 0 Å². The second kappa shape index (κ2) is 5.43. The fourth-order valence-electron chi connectivity index (χ4n) is 2.06. The van der Waals surface area contributed by atoms with Gasteiger partial charge >= 0.3 is 0 Å². The summed E-state index contributed by atoms with van der Waals surface area (Å²) in [6.07, 6.45) is -0.609. The fourth-order valence-corrected chi connectivity index (χ4v) is 3.02. The highest BCUT2D eigenvalue weighted by Crippen LogP contribution is 2.29.